The predicted octanol–water partition coefficient (Wildman–Crippen LogP) is 4.29. The maximum absolute atomic E-state index is 12.8. The second-order valence-electron chi connectivity index (χ2n) is 6.32. The molecule has 2 heterocycles. The van der Waals surface area contributed by atoms with Crippen LogP contribution in [0.4, 0.5) is 13.2 Å². The summed E-state index contributed by atoms with van der Waals surface area (Å²) in [6.45, 7) is 0.100. The van der Waals surface area contributed by atoms with Gasteiger partial charge in [-0.1, -0.05) is 54.3 Å². The van der Waals surface area contributed by atoms with E-state index in [1.807, 2.05) is 18.2 Å². The van der Waals surface area contributed by atoms with Crippen LogP contribution < -0.4 is 0 Å². The van der Waals surface area contributed by atoms with Crippen LogP contribution >= 0.6 is 24.0 Å². The molecule has 152 valence electrons. The third-order valence-electron chi connectivity index (χ3n) is 4.28. The number of thiocarbonyl (C=S) groups is 1. The Balaban J connectivity index is 1.52. The molecule has 0 saturated carbocycles. The summed E-state index contributed by atoms with van der Waals surface area (Å²) in [6.07, 6.45) is -2.70. The van der Waals surface area contributed by atoms with Crippen LogP contribution in [0.3, 0.4) is 0 Å². The van der Waals surface area contributed by atoms with Gasteiger partial charge in [0.15, 0.2) is 0 Å². The molecule has 30 heavy (non-hydrogen) atoms. The SMILES string of the molecule is O=C1/C(=C/c2cccc(-c3nn[nH]n3)c2)SC(=S)N1Cc1ccc(C(F)(F)F)cc1. The molecule has 11 heteroatoms. The number of aromatic nitrogens is 4. The topological polar surface area (TPSA) is 74.8 Å². The van der Waals surface area contributed by atoms with Crippen LogP contribution in [0.5, 0.6) is 0 Å². The fraction of sp³-hybridized carbons (Fsp3) is 0.105. The van der Waals surface area contributed by atoms with Gasteiger partial charge in [0.05, 0.1) is 17.0 Å². The number of nitrogens with one attached hydrogen (secondary N) is 1. The van der Waals surface area contributed by atoms with E-state index in [0.717, 1.165) is 35.0 Å². The number of carbonyl (C=O) groups is 1. The average molecular weight is 447 g/mol. The molecule has 2 aromatic carbocycles. The Kier molecular flexibility index (Phi) is 5.39. The van der Waals surface area contributed by atoms with Crippen LogP contribution in [-0.2, 0) is 17.5 Å². The summed E-state index contributed by atoms with van der Waals surface area (Å²) >= 11 is 6.45. The number of hydrogen-bond acceptors (Lipinski definition) is 6. The molecule has 0 unspecified atom stereocenters. The molecule has 3 aromatic rings. The van der Waals surface area contributed by atoms with Crippen LogP contribution in [0.25, 0.3) is 17.5 Å². The van der Waals surface area contributed by atoms with Crippen molar-refractivity contribution in [3.63, 3.8) is 0 Å². The zero-order valence-electron chi connectivity index (χ0n) is 15.1. The summed E-state index contributed by atoms with van der Waals surface area (Å²) in [5.74, 6) is 0.134. The molecular weight excluding hydrogens is 435 g/mol. The predicted molar refractivity (Wildman–Crippen MR) is 110 cm³/mol. The largest absolute Gasteiger partial charge is 0.416 e. The van der Waals surface area contributed by atoms with Crippen molar-refractivity contribution >= 4 is 40.3 Å². The molecule has 6 nitrogen and oxygen atoms in total. The van der Waals surface area contributed by atoms with Crippen LogP contribution in [0.1, 0.15) is 16.7 Å². The van der Waals surface area contributed by atoms with Crippen LogP contribution in [-0.4, -0.2) is 35.8 Å². The van der Waals surface area contributed by atoms with Gasteiger partial charge in [-0.2, -0.15) is 18.4 Å². The molecule has 1 aliphatic rings. The third-order valence-corrected chi connectivity index (χ3v) is 5.66. The lowest BCUT2D eigenvalue weighted by molar-refractivity contribution is -0.137. The van der Waals surface area contributed by atoms with Crippen molar-refractivity contribution in [3.8, 4) is 11.4 Å². The Morgan fingerprint density at radius 3 is 2.60 bits per heavy atom. The third kappa shape index (κ3) is 4.26. The quantitative estimate of drug-likeness (QED) is 0.475. The maximum Gasteiger partial charge on any atom is 0.416 e. The van der Waals surface area contributed by atoms with E-state index in [2.05, 4.69) is 20.6 Å². The van der Waals surface area contributed by atoms with Crippen molar-refractivity contribution in [2.24, 2.45) is 0 Å². The fourth-order valence-electron chi connectivity index (χ4n) is 2.82. The van der Waals surface area contributed by atoms with Gasteiger partial charge >= 0.3 is 6.18 Å². The maximum atomic E-state index is 12.8. The smallest absolute Gasteiger partial charge is 0.288 e. The monoisotopic (exact) mass is 447 g/mol. The molecule has 1 aromatic heterocycles. The Labute approximate surface area is 178 Å². The van der Waals surface area contributed by atoms with E-state index >= 15 is 0 Å². The van der Waals surface area contributed by atoms with Gasteiger partial charge in [0.2, 0.25) is 5.82 Å². The second-order valence-corrected chi connectivity index (χ2v) is 8.00. The number of nitrogens with zero attached hydrogens (tertiary/aromatic N) is 4. The van der Waals surface area contributed by atoms with Gasteiger partial charge in [0.1, 0.15) is 4.32 Å². The van der Waals surface area contributed by atoms with Gasteiger partial charge in [-0.25, -0.2) is 0 Å². The van der Waals surface area contributed by atoms with Gasteiger partial charge in [0, 0.05) is 5.56 Å². The van der Waals surface area contributed by atoms with E-state index in [0.29, 0.717) is 20.6 Å². The number of tetrazole rings is 1. The van der Waals surface area contributed by atoms with Crippen molar-refractivity contribution in [1.82, 2.24) is 25.5 Å². The van der Waals surface area contributed by atoms with Gasteiger partial charge in [-0.15, -0.1) is 10.2 Å². The minimum Gasteiger partial charge on any atom is -0.288 e. The summed E-state index contributed by atoms with van der Waals surface area (Å²) < 4.78 is 38.5. The van der Waals surface area contributed by atoms with Crippen molar-refractivity contribution in [2.45, 2.75) is 12.7 Å². The van der Waals surface area contributed by atoms with Gasteiger partial charge in [-0.3, -0.25) is 9.69 Å². The van der Waals surface area contributed by atoms with E-state index in [4.69, 9.17) is 12.2 Å². The Hall–Kier alpha value is -3.05. The zero-order chi connectivity index (χ0) is 21.3. The number of H-pyrrole nitrogens is 1. The molecule has 0 atom stereocenters. The van der Waals surface area contributed by atoms with E-state index < -0.39 is 11.7 Å². The number of rotatable bonds is 4. The number of halogens is 3. The van der Waals surface area contributed by atoms with Crippen LogP contribution in [0.15, 0.2) is 53.4 Å². The van der Waals surface area contributed by atoms with Crippen molar-refractivity contribution < 1.29 is 18.0 Å². The summed E-state index contributed by atoms with van der Waals surface area (Å²) in [4.78, 5) is 14.6. The van der Waals surface area contributed by atoms with Crippen LogP contribution in [0.2, 0.25) is 0 Å². The first kappa shape index (κ1) is 20.2. The molecule has 1 amide bonds. The van der Waals surface area contributed by atoms with Crippen molar-refractivity contribution in [1.29, 1.82) is 0 Å². The highest BCUT2D eigenvalue weighted by molar-refractivity contribution is 8.26. The number of amides is 1. The molecule has 0 radical (unpaired) electrons. The number of benzene rings is 2. The van der Waals surface area contributed by atoms with E-state index in [1.165, 1.54) is 17.0 Å². The Morgan fingerprint density at radius 1 is 1.17 bits per heavy atom. The molecule has 0 aliphatic carbocycles. The molecule has 1 saturated heterocycles. The lowest BCUT2D eigenvalue weighted by Crippen LogP contribution is -2.27. The van der Waals surface area contributed by atoms with E-state index in [9.17, 15) is 18.0 Å². The molecule has 1 fully saturated rings. The average Bonchev–Trinajstić information content (AvgIpc) is 3.33. The Bertz CT molecular complexity index is 1130. The fourth-order valence-corrected chi connectivity index (χ4v) is 4.08. The first-order chi connectivity index (χ1) is 14.3. The standard InChI is InChI=1S/C19H12F3N5OS2/c20-19(21,22)14-6-4-11(5-7-14)10-27-17(28)15(30-18(27)29)9-12-2-1-3-13(8-12)16-23-25-26-24-16/h1-9H,10H2,(H,23,24,25,26)/b15-9-. The molecule has 0 bridgehead atoms. The lowest BCUT2D eigenvalue weighted by Gasteiger charge is -2.15. The Morgan fingerprint density at radius 2 is 1.93 bits per heavy atom. The summed E-state index contributed by atoms with van der Waals surface area (Å²) in [5, 5.41) is 13.8. The van der Waals surface area contributed by atoms with E-state index in [-0.39, 0.29) is 12.5 Å². The normalized spacial score (nSPS) is 16.0. The number of alkyl halides is 3. The molecule has 0 spiro atoms. The summed E-state index contributed by atoms with van der Waals surface area (Å²) in [5.41, 5.74) is 1.31. The zero-order valence-corrected chi connectivity index (χ0v) is 16.7. The summed E-state index contributed by atoms with van der Waals surface area (Å²) in [7, 11) is 0. The van der Waals surface area contributed by atoms with Gasteiger partial charge < -0.3 is 0 Å². The second kappa shape index (κ2) is 8.00. The minimum absolute atomic E-state index is 0.100. The number of carbonyl (C=O) groups excluding carboxylic acids is 1. The van der Waals surface area contributed by atoms with E-state index in [1.54, 1.807) is 12.1 Å². The number of hydrogen-bond donors (Lipinski definition) is 1. The number of thioether (sulfide) groups is 1. The highest BCUT2D eigenvalue weighted by atomic mass is 32.2. The first-order valence-electron chi connectivity index (χ1n) is 8.56. The van der Waals surface area contributed by atoms with Crippen molar-refractivity contribution in [3.05, 3.63) is 70.1 Å². The minimum atomic E-state index is -4.40. The van der Waals surface area contributed by atoms with Crippen LogP contribution in [0, 0.1) is 0 Å². The highest BCUT2D eigenvalue weighted by Crippen LogP contribution is 2.34. The van der Waals surface area contributed by atoms with Gasteiger partial charge in [0.25, 0.3) is 5.91 Å². The number of aromatic amines is 1. The lowest BCUT2D eigenvalue weighted by atomic mass is 10.1. The summed E-state index contributed by atoms with van der Waals surface area (Å²) in [6, 6.07) is 11.9. The molecule has 1 aliphatic heterocycles. The molecular formula is C19H12F3N5OS2. The molecule has 4 rings (SSSR count). The highest BCUT2D eigenvalue weighted by Gasteiger charge is 2.33. The molecule has 1 N–H and O–H groups in total. The first-order valence-corrected chi connectivity index (χ1v) is 9.79. The van der Waals surface area contributed by atoms with Gasteiger partial charge in [-0.05, 0) is 40.6 Å². The van der Waals surface area contributed by atoms with Crippen molar-refractivity contribution in [2.75, 3.05) is 0 Å².